The van der Waals surface area contributed by atoms with Crippen molar-refractivity contribution < 1.29 is 19.4 Å². The van der Waals surface area contributed by atoms with Crippen LogP contribution in [0.4, 0.5) is 10.5 Å². The number of benzene rings is 3. The third-order valence-corrected chi connectivity index (χ3v) is 6.76. The molecule has 1 aliphatic heterocycles. The van der Waals surface area contributed by atoms with Gasteiger partial charge in [-0.3, -0.25) is 14.3 Å². The molecule has 1 amide bonds. The van der Waals surface area contributed by atoms with E-state index in [1.165, 1.54) is 7.11 Å². The molecule has 0 spiro atoms. The lowest BCUT2D eigenvalue weighted by molar-refractivity contribution is -0.138. The summed E-state index contributed by atoms with van der Waals surface area (Å²) >= 11 is 0. The Kier molecular flexibility index (Phi) is 5.99. The lowest BCUT2D eigenvalue weighted by Crippen LogP contribution is -2.42. The van der Waals surface area contributed by atoms with Gasteiger partial charge in [0.05, 0.1) is 29.7 Å². The van der Waals surface area contributed by atoms with E-state index in [1.54, 1.807) is 4.90 Å². The fourth-order valence-corrected chi connectivity index (χ4v) is 5.02. The minimum atomic E-state index is -0.893. The first-order valence-corrected chi connectivity index (χ1v) is 11.7. The van der Waals surface area contributed by atoms with Gasteiger partial charge < -0.3 is 9.84 Å². The van der Waals surface area contributed by atoms with Gasteiger partial charge in [0.2, 0.25) is 0 Å². The van der Waals surface area contributed by atoms with Crippen LogP contribution in [0, 0.1) is 0 Å². The molecule has 0 saturated heterocycles. The lowest BCUT2D eigenvalue weighted by atomic mass is 9.95. The van der Waals surface area contributed by atoms with Crippen molar-refractivity contribution in [3.8, 4) is 5.69 Å². The Morgan fingerprint density at radius 3 is 2.40 bits per heavy atom. The molecule has 0 fully saturated rings. The second kappa shape index (κ2) is 9.25. The van der Waals surface area contributed by atoms with Crippen LogP contribution in [0.2, 0.25) is 0 Å². The summed E-state index contributed by atoms with van der Waals surface area (Å²) in [5.41, 5.74) is 5.11. The van der Waals surface area contributed by atoms with Crippen molar-refractivity contribution in [2.45, 2.75) is 38.1 Å². The highest BCUT2D eigenvalue weighted by Crippen LogP contribution is 2.38. The van der Waals surface area contributed by atoms with Gasteiger partial charge in [0.15, 0.2) is 0 Å². The molecular formula is C28H27N3O4. The minimum Gasteiger partial charge on any atom is -0.481 e. The molecule has 0 unspecified atom stereocenters. The van der Waals surface area contributed by atoms with Crippen LogP contribution in [-0.2, 0) is 22.4 Å². The summed E-state index contributed by atoms with van der Waals surface area (Å²) in [5, 5.41) is 10.1. The molecule has 5 rings (SSSR count). The van der Waals surface area contributed by atoms with Crippen molar-refractivity contribution in [3.63, 3.8) is 0 Å². The number of fused-ring (bicyclic) bond motifs is 3. The SMILES string of the molecule is COC(=O)N1c2ccc3c(nc(C[C@@H](C(=O)O)c4ccccc4)n3-c3ccccc3)c2CC[C@@H]1C. The number of amides is 1. The van der Waals surface area contributed by atoms with Crippen molar-refractivity contribution in [3.05, 3.63) is 89.7 Å². The van der Waals surface area contributed by atoms with Crippen LogP contribution >= 0.6 is 0 Å². The summed E-state index contributed by atoms with van der Waals surface area (Å²) in [5.74, 6) is -0.965. The number of carboxylic acids is 1. The van der Waals surface area contributed by atoms with Crippen molar-refractivity contribution in [2.75, 3.05) is 12.0 Å². The number of carbonyl (C=O) groups excluding carboxylic acids is 1. The van der Waals surface area contributed by atoms with Crippen molar-refractivity contribution >= 4 is 28.8 Å². The predicted molar refractivity (Wildman–Crippen MR) is 134 cm³/mol. The molecule has 178 valence electrons. The third-order valence-electron chi connectivity index (χ3n) is 6.76. The van der Waals surface area contributed by atoms with Crippen molar-refractivity contribution in [1.29, 1.82) is 0 Å². The number of ether oxygens (including phenoxy) is 1. The quantitative estimate of drug-likeness (QED) is 0.426. The first-order valence-electron chi connectivity index (χ1n) is 11.7. The zero-order chi connectivity index (χ0) is 24.5. The van der Waals surface area contributed by atoms with E-state index < -0.39 is 18.0 Å². The number of hydrogen-bond donors (Lipinski definition) is 1. The van der Waals surface area contributed by atoms with Gasteiger partial charge >= 0.3 is 12.1 Å². The standard InChI is InChI=1S/C28H27N3O4/c1-18-13-14-21-23(30(18)28(34)35-2)15-16-24-26(21)29-25(31(24)20-11-7-4-8-12-20)17-22(27(32)33)19-9-5-3-6-10-19/h3-12,15-16,18,22H,13-14,17H2,1-2H3,(H,32,33)/t18-,22+/m0/s1. The molecule has 0 radical (unpaired) electrons. The summed E-state index contributed by atoms with van der Waals surface area (Å²) in [4.78, 5) is 31.6. The number of imidazole rings is 1. The maximum absolute atomic E-state index is 12.6. The van der Waals surface area contributed by atoms with Crippen molar-refractivity contribution in [1.82, 2.24) is 9.55 Å². The fraction of sp³-hybridized carbons (Fsp3) is 0.250. The first kappa shape index (κ1) is 22.7. The number of aromatic nitrogens is 2. The topological polar surface area (TPSA) is 84.7 Å². The normalized spacial score (nSPS) is 16.1. The number of carbonyl (C=O) groups is 2. The molecule has 1 aromatic heterocycles. The van der Waals surface area contributed by atoms with Crippen LogP contribution in [-0.4, -0.2) is 39.9 Å². The van der Waals surface area contributed by atoms with E-state index in [-0.39, 0.29) is 12.5 Å². The Morgan fingerprint density at radius 1 is 1.06 bits per heavy atom. The van der Waals surface area contributed by atoms with E-state index >= 15 is 0 Å². The van der Waals surface area contributed by atoms with Crippen LogP contribution in [0.3, 0.4) is 0 Å². The molecule has 3 aromatic carbocycles. The van der Waals surface area contributed by atoms with Gasteiger partial charge in [0.25, 0.3) is 0 Å². The Labute approximate surface area is 203 Å². The average molecular weight is 470 g/mol. The van der Waals surface area contributed by atoms with Crippen LogP contribution in [0.1, 0.15) is 36.2 Å². The highest BCUT2D eigenvalue weighted by atomic mass is 16.5. The molecule has 35 heavy (non-hydrogen) atoms. The van der Waals surface area contributed by atoms with Gasteiger partial charge in [-0.2, -0.15) is 0 Å². The summed E-state index contributed by atoms with van der Waals surface area (Å²) in [6, 6.07) is 23.0. The Hall–Kier alpha value is -4.13. The number of rotatable bonds is 5. The van der Waals surface area contributed by atoms with E-state index in [9.17, 15) is 14.7 Å². The minimum absolute atomic E-state index is 0.0116. The van der Waals surface area contributed by atoms with Crippen LogP contribution in [0.25, 0.3) is 16.7 Å². The van der Waals surface area contributed by atoms with Gasteiger partial charge in [-0.05, 0) is 49.6 Å². The van der Waals surface area contributed by atoms with E-state index in [0.717, 1.165) is 46.4 Å². The molecule has 0 bridgehead atoms. The van der Waals surface area contributed by atoms with Crippen molar-refractivity contribution in [2.24, 2.45) is 0 Å². The van der Waals surface area contributed by atoms with Gasteiger partial charge in [-0.15, -0.1) is 0 Å². The average Bonchev–Trinajstić information content (AvgIpc) is 3.26. The van der Waals surface area contributed by atoms with E-state index in [1.807, 2.05) is 84.3 Å². The molecule has 0 saturated carbocycles. The Morgan fingerprint density at radius 2 is 1.74 bits per heavy atom. The number of aryl methyl sites for hydroxylation is 1. The van der Waals surface area contributed by atoms with Crippen LogP contribution in [0.15, 0.2) is 72.8 Å². The van der Waals surface area contributed by atoms with Gasteiger partial charge in [0.1, 0.15) is 5.82 Å². The van der Waals surface area contributed by atoms with Gasteiger partial charge in [-0.1, -0.05) is 48.5 Å². The highest BCUT2D eigenvalue weighted by molar-refractivity contribution is 5.95. The first-order chi connectivity index (χ1) is 17.0. The Balaban J connectivity index is 1.70. The lowest BCUT2D eigenvalue weighted by Gasteiger charge is -2.34. The molecule has 1 N–H and O–H groups in total. The maximum atomic E-state index is 12.6. The summed E-state index contributed by atoms with van der Waals surface area (Å²) in [6.07, 6.45) is 1.40. The number of hydrogen-bond acceptors (Lipinski definition) is 4. The molecule has 7 nitrogen and oxygen atoms in total. The number of anilines is 1. The smallest absolute Gasteiger partial charge is 0.414 e. The summed E-state index contributed by atoms with van der Waals surface area (Å²) in [7, 11) is 1.39. The third kappa shape index (κ3) is 4.03. The van der Waals surface area contributed by atoms with Gasteiger partial charge in [-0.25, -0.2) is 9.78 Å². The predicted octanol–water partition coefficient (Wildman–Crippen LogP) is 5.34. The number of nitrogens with zero attached hydrogens (tertiary/aromatic N) is 3. The molecule has 7 heteroatoms. The van der Waals surface area contributed by atoms with E-state index in [4.69, 9.17) is 9.72 Å². The molecular weight excluding hydrogens is 442 g/mol. The van der Waals surface area contributed by atoms with Gasteiger partial charge in [0, 0.05) is 23.7 Å². The summed E-state index contributed by atoms with van der Waals surface area (Å²) in [6.45, 7) is 2.01. The maximum Gasteiger partial charge on any atom is 0.414 e. The van der Waals surface area contributed by atoms with Crippen LogP contribution in [0.5, 0.6) is 0 Å². The summed E-state index contributed by atoms with van der Waals surface area (Å²) < 4.78 is 7.09. The van der Waals surface area contributed by atoms with E-state index in [2.05, 4.69) is 0 Å². The number of para-hydroxylation sites is 1. The molecule has 0 aliphatic carbocycles. The molecule has 1 aliphatic rings. The fourth-order valence-electron chi connectivity index (χ4n) is 5.02. The molecule has 2 atom stereocenters. The second-order valence-corrected chi connectivity index (χ2v) is 8.86. The number of aliphatic carboxylic acids is 1. The zero-order valence-electron chi connectivity index (χ0n) is 19.7. The zero-order valence-corrected chi connectivity index (χ0v) is 19.7. The monoisotopic (exact) mass is 469 g/mol. The Bertz CT molecular complexity index is 1380. The highest BCUT2D eigenvalue weighted by Gasteiger charge is 2.32. The number of carboxylic acid groups (broad SMARTS) is 1. The van der Waals surface area contributed by atoms with Crippen LogP contribution < -0.4 is 4.90 Å². The van der Waals surface area contributed by atoms with E-state index in [0.29, 0.717) is 5.82 Å². The second-order valence-electron chi connectivity index (χ2n) is 8.86. The molecule has 4 aromatic rings. The largest absolute Gasteiger partial charge is 0.481 e. The number of methoxy groups -OCH3 is 1. The molecule has 2 heterocycles.